The second-order valence-electron chi connectivity index (χ2n) is 7.00. The Hall–Kier alpha value is -3.40. The van der Waals surface area contributed by atoms with Gasteiger partial charge in [-0.3, -0.25) is 4.79 Å². The summed E-state index contributed by atoms with van der Waals surface area (Å²) in [4.78, 5) is 50.3. The van der Waals surface area contributed by atoms with Crippen molar-refractivity contribution in [1.29, 1.82) is 0 Å². The van der Waals surface area contributed by atoms with Crippen LogP contribution in [0.5, 0.6) is 0 Å². The van der Waals surface area contributed by atoms with Crippen molar-refractivity contribution >= 4 is 68.6 Å². The van der Waals surface area contributed by atoms with Crippen LogP contribution in [0.3, 0.4) is 0 Å². The zero-order valence-corrected chi connectivity index (χ0v) is 20.7. The van der Waals surface area contributed by atoms with E-state index in [1.807, 2.05) is 0 Å². The van der Waals surface area contributed by atoms with Crippen LogP contribution in [0, 0.1) is 0 Å². The van der Waals surface area contributed by atoms with Crippen molar-refractivity contribution in [1.82, 2.24) is 0 Å². The van der Waals surface area contributed by atoms with Gasteiger partial charge in [0.1, 0.15) is 0 Å². The van der Waals surface area contributed by atoms with Crippen LogP contribution in [-0.4, -0.2) is 41.1 Å². The fourth-order valence-electron chi connectivity index (χ4n) is 2.78. The SMILES string of the molecule is O=C(O[C@H](C(=O)O)[C@@H](OC(=O)c1ccc(Cl)cc1)C(=O)Nc1ccc(Br)cc1)c1ccc(Cl)cc1. The van der Waals surface area contributed by atoms with Crippen molar-refractivity contribution in [2.24, 2.45) is 0 Å². The van der Waals surface area contributed by atoms with E-state index in [1.54, 1.807) is 12.1 Å². The molecule has 3 aromatic carbocycles. The van der Waals surface area contributed by atoms with Gasteiger partial charge >= 0.3 is 17.9 Å². The second-order valence-corrected chi connectivity index (χ2v) is 8.79. The Morgan fingerprint density at radius 2 is 1.14 bits per heavy atom. The van der Waals surface area contributed by atoms with Crippen molar-refractivity contribution in [3.8, 4) is 0 Å². The predicted molar refractivity (Wildman–Crippen MR) is 132 cm³/mol. The Labute approximate surface area is 217 Å². The van der Waals surface area contributed by atoms with Gasteiger partial charge in [-0.15, -0.1) is 0 Å². The number of ether oxygens (including phenoxy) is 2. The summed E-state index contributed by atoms with van der Waals surface area (Å²) in [6, 6.07) is 17.3. The maximum absolute atomic E-state index is 13.0. The molecule has 0 saturated carbocycles. The Morgan fingerprint density at radius 1 is 0.714 bits per heavy atom. The van der Waals surface area contributed by atoms with E-state index in [0.717, 1.165) is 4.47 Å². The Bertz CT molecular complexity index is 1230. The third-order valence-corrected chi connectivity index (χ3v) is 5.55. The van der Waals surface area contributed by atoms with E-state index in [1.165, 1.54) is 60.7 Å². The van der Waals surface area contributed by atoms with Gasteiger partial charge in [-0.2, -0.15) is 0 Å². The maximum Gasteiger partial charge on any atom is 0.349 e. The van der Waals surface area contributed by atoms with Gasteiger partial charge in [-0.05, 0) is 72.8 Å². The number of hydrogen-bond donors (Lipinski definition) is 2. The van der Waals surface area contributed by atoms with E-state index in [4.69, 9.17) is 32.7 Å². The largest absolute Gasteiger partial charge is 0.478 e. The molecule has 0 aliphatic heterocycles. The van der Waals surface area contributed by atoms with Crippen LogP contribution in [0.4, 0.5) is 5.69 Å². The van der Waals surface area contributed by atoms with Crippen LogP contribution in [0.15, 0.2) is 77.3 Å². The van der Waals surface area contributed by atoms with Crippen LogP contribution in [-0.2, 0) is 19.1 Å². The van der Waals surface area contributed by atoms with Gasteiger partial charge in [-0.25, -0.2) is 14.4 Å². The third kappa shape index (κ3) is 7.29. The number of amides is 1. The number of rotatable bonds is 8. The molecule has 8 nitrogen and oxygen atoms in total. The molecule has 3 rings (SSSR count). The standard InChI is InChI=1S/C24H16BrCl2NO7/c25-15-5-11-18(12-6-15)28-21(29)19(34-23(32)13-1-7-16(26)8-2-13)20(22(30)31)35-24(33)14-3-9-17(27)10-4-14/h1-12,19-20H,(H,28,29)(H,30,31)/t19-,20+/m1/s1. The van der Waals surface area contributed by atoms with E-state index >= 15 is 0 Å². The average molecular weight is 581 g/mol. The molecular formula is C24H16BrCl2NO7. The average Bonchev–Trinajstić information content (AvgIpc) is 2.83. The zero-order valence-electron chi connectivity index (χ0n) is 17.6. The molecule has 0 aliphatic rings. The molecule has 0 aliphatic carbocycles. The first-order valence-electron chi connectivity index (χ1n) is 9.86. The molecule has 0 radical (unpaired) electrons. The number of carbonyl (C=O) groups is 4. The van der Waals surface area contributed by atoms with Crippen LogP contribution < -0.4 is 5.32 Å². The first-order valence-corrected chi connectivity index (χ1v) is 11.4. The molecule has 3 aromatic rings. The van der Waals surface area contributed by atoms with Gasteiger partial charge < -0.3 is 19.9 Å². The van der Waals surface area contributed by atoms with E-state index in [2.05, 4.69) is 21.2 Å². The van der Waals surface area contributed by atoms with Crippen molar-refractivity contribution in [2.75, 3.05) is 5.32 Å². The number of carbonyl (C=O) groups excluding carboxylic acids is 3. The molecule has 2 atom stereocenters. The Kier molecular flexibility index (Phi) is 8.86. The van der Waals surface area contributed by atoms with E-state index in [0.29, 0.717) is 15.7 Å². The number of halogens is 3. The molecule has 1 amide bonds. The summed E-state index contributed by atoms with van der Waals surface area (Å²) in [5.74, 6) is -4.80. The Balaban J connectivity index is 1.90. The topological polar surface area (TPSA) is 119 Å². The van der Waals surface area contributed by atoms with E-state index in [-0.39, 0.29) is 11.1 Å². The molecule has 11 heteroatoms. The number of benzene rings is 3. The molecule has 0 unspecified atom stereocenters. The Morgan fingerprint density at radius 3 is 1.57 bits per heavy atom. The molecule has 0 heterocycles. The summed E-state index contributed by atoms with van der Waals surface area (Å²) in [6.45, 7) is 0. The lowest BCUT2D eigenvalue weighted by molar-refractivity contribution is -0.157. The predicted octanol–water partition coefficient (Wildman–Crippen LogP) is 5.23. The summed E-state index contributed by atoms with van der Waals surface area (Å²) >= 11 is 14.9. The monoisotopic (exact) mass is 579 g/mol. The lowest BCUT2D eigenvalue weighted by atomic mass is 10.1. The summed E-state index contributed by atoms with van der Waals surface area (Å²) in [7, 11) is 0. The van der Waals surface area contributed by atoms with Gasteiger partial charge in [0, 0.05) is 20.2 Å². The molecule has 35 heavy (non-hydrogen) atoms. The van der Waals surface area contributed by atoms with Gasteiger partial charge in [0.15, 0.2) is 0 Å². The number of aliphatic carboxylic acids is 1. The number of hydrogen-bond acceptors (Lipinski definition) is 6. The fraction of sp³-hybridized carbons (Fsp3) is 0.0833. The van der Waals surface area contributed by atoms with Crippen LogP contribution in [0.2, 0.25) is 10.0 Å². The molecule has 2 N–H and O–H groups in total. The van der Waals surface area contributed by atoms with Crippen molar-refractivity contribution in [3.05, 3.63) is 98.4 Å². The highest BCUT2D eigenvalue weighted by Crippen LogP contribution is 2.19. The fourth-order valence-corrected chi connectivity index (χ4v) is 3.30. The van der Waals surface area contributed by atoms with Crippen LogP contribution in [0.1, 0.15) is 20.7 Å². The number of esters is 2. The van der Waals surface area contributed by atoms with Gasteiger partial charge in [0.2, 0.25) is 12.2 Å². The highest BCUT2D eigenvalue weighted by atomic mass is 79.9. The number of carboxylic acids is 1. The minimum atomic E-state index is -2.16. The molecular weight excluding hydrogens is 565 g/mol. The maximum atomic E-state index is 13.0. The molecule has 0 fully saturated rings. The first kappa shape index (κ1) is 26.2. The summed E-state index contributed by atoms with van der Waals surface area (Å²) < 4.78 is 11.1. The lowest BCUT2D eigenvalue weighted by Gasteiger charge is -2.23. The summed E-state index contributed by atoms with van der Waals surface area (Å²) in [6.07, 6.45) is -4.19. The minimum Gasteiger partial charge on any atom is -0.478 e. The van der Waals surface area contributed by atoms with Crippen molar-refractivity contribution in [2.45, 2.75) is 12.2 Å². The van der Waals surface area contributed by atoms with Crippen LogP contribution >= 0.6 is 39.1 Å². The normalized spacial score (nSPS) is 12.2. The van der Waals surface area contributed by atoms with E-state index < -0.39 is 36.0 Å². The second kappa shape index (κ2) is 11.8. The molecule has 0 saturated heterocycles. The lowest BCUT2D eigenvalue weighted by Crippen LogP contribution is -2.48. The number of anilines is 1. The minimum absolute atomic E-state index is 0.00371. The van der Waals surface area contributed by atoms with Crippen LogP contribution in [0.25, 0.3) is 0 Å². The van der Waals surface area contributed by atoms with Gasteiger partial charge in [0.05, 0.1) is 11.1 Å². The third-order valence-electron chi connectivity index (χ3n) is 4.52. The quantitative estimate of drug-likeness (QED) is 0.350. The molecule has 180 valence electrons. The molecule has 0 aromatic heterocycles. The summed E-state index contributed by atoms with van der Waals surface area (Å²) in [5.41, 5.74) is 0.277. The highest BCUT2D eigenvalue weighted by molar-refractivity contribution is 9.10. The van der Waals surface area contributed by atoms with E-state index in [9.17, 15) is 24.3 Å². The van der Waals surface area contributed by atoms with Gasteiger partial charge in [-0.1, -0.05) is 39.1 Å². The first-order chi connectivity index (χ1) is 16.6. The van der Waals surface area contributed by atoms with Crippen molar-refractivity contribution in [3.63, 3.8) is 0 Å². The molecule has 0 spiro atoms. The summed E-state index contributed by atoms with van der Waals surface area (Å²) in [5, 5.41) is 12.9. The molecule has 0 bridgehead atoms. The number of nitrogens with one attached hydrogen (secondary N) is 1. The zero-order chi connectivity index (χ0) is 25.5. The highest BCUT2D eigenvalue weighted by Gasteiger charge is 2.41. The number of carboxylic acid groups (broad SMARTS) is 1. The van der Waals surface area contributed by atoms with Crippen molar-refractivity contribution < 1.29 is 33.8 Å². The smallest absolute Gasteiger partial charge is 0.349 e. The van der Waals surface area contributed by atoms with Gasteiger partial charge in [0.25, 0.3) is 5.91 Å².